The average Bonchev–Trinajstić information content (AvgIpc) is 3.11. The number of fused-ring (bicyclic) bond motifs is 3. The van der Waals surface area contributed by atoms with Gasteiger partial charge in [0.25, 0.3) is 0 Å². The average molecular weight is 438 g/mol. The van der Waals surface area contributed by atoms with Gasteiger partial charge in [0.05, 0.1) is 11.3 Å². The van der Waals surface area contributed by atoms with E-state index >= 15 is 0 Å². The lowest BCUT2D eigenvalue weighted by Crippen LogP contribution is -2.26. The number of nitrogens with one attached hydrogen (secondary N) is 1. The van der Waals surface area contributed by atoms with Crippen LogP contribution in [-0.4, -0.2) is 24.2 Å². The first-order valence-corrected chi connectivity index (χ1v) is 10.2. The number of hydrogen-bond acceptors (Lipinski definition) is 3. The Morgan fingerprint density at radius 2 is 1.66 bits per heavy atom. The standard InChI is InChI=1S/C25H21F3N2O2/c26-25(27,28)22-12-7-15-29-23(22)13-5-6-14-30-24(31)32-16-21-19-10-3-1-8-17(19)18-9-2-4-11-20(18)21/h1-5,7-13,15,21H,6,14,16H2,(H,30,31). The maximum absolute atomic E-state index is 13.0. The van der Waals surface area contributed by atoms with Gasteiger partial charge in [-0.1, -0.05) is 54.6 Å². The van der Waals surface area contributed by atoms with Crippen molar-refractivity contribution in [2.75, 3.05) is 13.2 Å². The summed E-state index contributed by atoms with van der Waals surface area (Å²) in [6.07, 6.45) is -0.520. The summed E-state index contributed by atoms with van der Waals surface area (Å²) in [4.78, 5) is 15.9. The Kier molecular flexibility index (Phi) is 6.25. The zero-order chi connectivity index (χ0) is 22.6. The fourth-order valence-corrected chi connectivity index (χ4v) is 3.89. The summed E-state index contributed by atoms with van der Waals surface area (Å²) in [6.45, 7) is 0.444. The van der Waals surface area contributed by atoms with E-state index in [-0.39, 0.29) is 24.8 Å². The second-order valence-electron chi connectivity index (χ2n) is 7.38. The Balaban J connectivity index is 1.29. The molecule has 0 bridgehead atoms. The van der Waals surface area contributed by atoms with Crippen LogP contribution in [0.5, 0.6) is 0 Å². The van der Waals surface area contributed by atoms with Crippen LogP contribution in [0.2, 0.25) is 0 Å². The molecule has 4 rings (SSSR count). The van der Waals surface area contributed by atoms with Crippen molar-refractivity contribution in [1.29, 1.82) is 0 Å². The molecule has 0 radical (unpaired) electrons. The number of alkyl halides is 3. The predicted octanol–water partition coefficient (Wildman–Crippen LogP) is 6.04. The van der Waals surface area contributed by atoms with E-state index in [1.165, 1.54) is 18.3 Å². The Labute approximate surface area is 183 Å². The highest BCUT2D eigenvalue weighted by Gasteiger charge is 2.33. The normalized spacial score (nSPS) is 13.1. The quantitative estimate of drug-likeness (QED) is 0.477. The minimum Gasteiger partial charge on any atom is -0.449 e. The van der Waals surface area contributed by atoms with Crippen molar-refractivity contribution in [2.24, 2.45) is 0 Å². The smallest absolute Gasteiger partial charge is 0.418 e. The van der Waals surface area contributed by atoms with E-state index in [9.17, 15) is 18.0 Å². The number of nitrogens with zero attached hydrogens (tertiary/aromatic N) is 1. The van der Waals surface area contributed by atoms with Gasteiger partial charge < -0.3 is 10.1 Å². The van der Waals surface area contributed by atoms with E-state index in [4.69, 9.17) is 4.74 Å². The minimum atomic E-state index is -4.46. The van der Waals surface area contributed by atoms with Gasteiger partial charge in [-0.15, -0.1) is 0 Å². The van der Waals surface area contributed by atoms with Crippen molar-refractivity contribution in [2.45, 2.75) is 18.5 Å². The van der Waals surface area contributed by atoms with Crippen molar-refractivity contribution in [3.8, 4) is 11.1 Å². The summed E-state index contributed by atoms with van der Waals surface area (Å²) < 4.78 is 44.4. The number of aromatic nitrogens is 1. The highest BCUT2D eigenvalue weighted by molar-refractivity contribution is 5.79. The number of carbonyl (C=O) groups is 1. The van der Waals surface area contributed by atoms with Crippen molar-refractivity contribution >= 4 is 12.2 Å². The highest BCUT2D eigenvalue weighted by Crippen LogP contribution is 2.44. The Morgan fingerprint density at radius 3 is 2.31 bits per heavy atom. The topological polar surface area (TPSA) is 51.2 Å². The molecule has 4 nitrogen and oxygen atoms in total. The first kappa shape index (κ1) is 21.6. The number of ether oxygens (including phenoxy) is 1. The van der Waals surface area contributed by atoms with Crippen LogP contribution in [0.25, 0.3) is 17.2 Å². The molecule has 3 aromatic rings. The molecule has 1 aliphatic rings. The number of hydrogen-bond donors (Lipinski definition) is 1. The van der Waals surface area contributed by atoms with Crippen LogP contribution in [0.4, 0.5) is 18.0 Å². The predicted molar refractivity (Wildman–Crippen MR) is 116 cm³/mol. The monoisotopic (exact) mass is 438 g/mol. The molecule has 0 saturated heterocycles. The third kappa shape index (κ3) is 4.66. The number of rotatable bonds is 6. The zero-order valence-corrected chi connectivity index (χ0v) is 17.1. The molecule has 0 saturated carbocycles. The lowest BCUT2D eigenvalue weighted by molar-refractivity contribution is -0.138. The second kappa shape index (κ2) is 9.26. The fourth-order valence-electron chi connectivity index (χ4n) is 3.89. The maximum Gasteiger partial charge on any atom is 0.418 e. The number of halogens is 3. The minimum absolute atomic E-state index is 0.0296. The van der Waals surface area contributed by atoms with Crippen LogP contribution in [0.3, 0.4) is 0 Å². The molecule has 0 fully saturated rings. The van der Waals surface area contributed by atoms with Crippen molar-refractivity contribution in [3.05, 3.63) is 95.3 Å². The van der Waals surface area contributed by atoms with Gasteiger partial charge in [0.1, 0.15) is 6.61 Å². The lowest BCUT2D eigenvalue weighted by Gasteiger charge is -2.14. The van der Waals surface area contributed by atoms with Gasteiger partial charge >= 0.3 is 12.3 Å². The van der Waals surface area contributed by atoms with Gasteiger partial charge in [0.15, 0.2) is 0 Å². The summed E-state index contributed by atoms with van der Waals surface area (Å²) in [6, 6.07) is 18.4. The molecule has 1 aromatic heterocycles. The first-order chi connectivity index (χ1) is 15.4. The molecule has 1 amide bonds. The third-order valence-corrected chi connectivity index (χ3v) is 5.34. The van der Waals surface area contributed by atoms with Gasteiger partial charge in [0.2, 0.25) is 0 Å². The Morgan fingerprint density at radius 1 is 1.00 bits per heavy atom. The number of alkyl carbamates (subject to hydrolysis) is 1. The summed E-state index contributed by atoms with van der Waals surface area (Å²) in [5.41, 5.74) is 3.60. The summed E-state index contributed by atoms with van der Waals surface area (Å²) >= 11 is 0. The Hall–Kier alpha value is -3.61. The molecule has 1 N–H and O–H groups in total. The van der Waals surface area contributed by atoms with Crippen LogP contribution in [0.15, 0.2) is 72.9 Å². The molecular weight excluding hydrogens is 417 g/mol. The molecule has 0 atom stereocenters. The highest BCUT2D eigenvalue weighted by atomic mass is 19.4. The third-order valence-electron chi connectivity index (χ3n) is 5.34. The maximum atomic E-state index is 13.0. The molecule has 2 aromatic carbocycles. The molecule has 1 aliphatic carbocycles. The van der Waals surface area contributed by atoms with Crippen molar-refractivity contribution < 1.29 is 22.7 Å². The van der Waals surface area contributed by atoms with Crippen LogP contribution < -0.4 is 5.32 Å². The fraction of sp³-hybridized carbons (Fsp3) is 0.200. The van der Waals surface area contributed by atoms with Crippen LogP contribution in [0, 0.1) is 0 Å². The Bertz CT molecular complexity index is 1100. The van der Waals surface area contributed by atoms with Gasteiger partial charge in [-0.25, -0.2) is 4.79 Å². The summed E-state index contributed by atoms with van der Waals surface area (Å²) in [7, 11) is 0. The number of pyridine rings is 1. The SMILES string of the molecule is O=C(NCCC=Cc1ncccc1C(F)(F)F)OCC1c2ccccc2-c2ccccc21. The van der Waals surface area contributed by atoms with E-state index < -0.39 is 17.8 Å². The molecule has 0 unspecified atom stereocenters. The van der Waals surface area contributed by atoms with Crippen molar-refractivity contribution in [1.82, 2.24) is 10.3 Å². The van der Waals surface area contributed by atoms with E-state index in [2.05, 4.69) is 22.4 Å². The molecule has 32 heavy (non-hydrogen) atoms. The van der Waals surface area contributed by atoms with E-state index in [0.29, 0.717) is 6.42 Å². The van der Waals surface area contributed by atoms with Crippen LogP contribution in [-0.2, 0) is 10.9 Å². The van der Waals surface area contributed by atoms with E-state index in [1.54, 1.807) is 6.08 Å². The first-order valence-electron chi connectivity index (χ1n) is 10.2. The number of benzene rings is 2. The van der Waals surface area contributed by atoms with Gasteiger partial charge in [0, 0.05) is 18.7 Å². The van der Waals surface area contributed by atoms with Gasteiger partial charge in [-0.2, -0.15) is 13.2 Å². The number of amides is 1. The molecule has 7 heteroatoms. The van der Waals surface area contributed by atoms with Gasteiger partial charge in [-0.3, -0.25) is 4.98 Å². The van der Waals surface area contributed by atoms with Crippen LogP contribution in [0.1, 0.15) is 34.7 Å². The zero-order valence-electron chi connectivity index (χ0n) is 17.1. The number of carbonyl (C=O) groups excluding carboxylic acids is 1. The van der Waals surface area contributed by atoms with Crippen molar-refractivity contribution in [3.63, 3.8) is 0 Å². The lowest BCUT2D eigenvalue weighted by atomic mass is 9.98. The molecule has 164 valence electrons. The molecule has 0 aliphatic heterocycles. The van der Waals surface area contributed by atoms with E-state index in [0.717, 1.165) is 28.3 Å². The molecule has 1 heterocycles. The van der Waals surface area contributed by atoms with Gasteiger partial charge in [-0.05, 0) is 46.9 Å². The largest absolute Gasteiger partial charge is 0.449 e. The summed E-state index contributed by atoms with van der Waals surface area (Å²) in [5, 5.41) is 2.63. The second-order valence-corrected chi connectivity index (χ2v) is 7.38. The van der Waals surface area contributed by atoms with E-state index in [1.807, 2.05) is 36.4 Å². The summed E-state index contributed by atoms with van der Waals surface area (Å²) in [5.74, 6) is -0.0296. The molecule has 0 spiro atoms. The molecular formula is C25H21F3N2O2. The van der Waals surface area contributed by atoms with Crippen LogP contribution >= 0.6 is 0 Å².